The van der Waals surface area contributed by atoms with Crippen molar-refractivity contribution in [3.63, 3.8) is 0 Å². The van der Waals surface area contributed by atoms with Crippen LogP contribution >= 0.6 is 31.9 Å². The number of benzene rings is 2. The average molecular weight is 311 g/mol. The summed E-state index contributed by atoms with van der Waals surface area (Å²) >= 11 is 6.94. The molecule has 2 rings (SSSR count). The van der Waals surface area contributed by atoms with Crippen LogP contribution in [-0.4, -0.2) is 0 Å². The Bertz CT molecular complexity index is 435. The van der Waals surface area contributed by atoms with Gasteiger partial charge in [-0.15, -0.1) is 0 Å². The van der Waals surface area contributed by atoms with Crippen LogP contribution in [0.5, 0.6) is 0 Å². The van der Waals surface area contributed by atoms with Gasteiger partial charge in [-0.05, 0) is 61.2 Å². The van der Waals surface area contributed by atoms with E-state index in [1.807, 2.05) is 18.2 Å². The monoisotopic (exact) mass is 309 g/mol. The molecular formula is C12H7Br2. The van der Waals surface area contributed by atoms with E-state index in [1.165, 1.54) is 11.1 Å². The smallest absolute Gasteiger partial charge is 0.0323 e. The Morgan fingerprint density at radius 2 is 1.50 bits per heavy atom. The fourth-order valence-corrected chi connectivity index (χ4v) is 1.88. The summed E-state index contributed by atoms with van der Waals surface area (Å²) in [6.07, 6.45) is 0. The highest BCUT2D eigenvalue weighted by atomic mass is 79.9. The SMILES string of the molecule is Brc1ccc(-c2cc[c]cc2)cc1Br. The molecule has 2 aromatic rings. The van der Waals surface area contributed by atoms with Crippen LogP contribution in [0.15, 0.2) is 51.4 Å². The molecule has 14 heavy (non-hydrogen) atoms. The Balaban J connectivity index is 2.48. The third-order valence-electron chi connectivity index (χ3n) is 1.97. The minimum atomic E-state index is 1.07. The zero-order valence-corrected chi connectivity index (χ0v) is 10.5. The maximum atomic E-state index is 3.49. The molecule has 0 fully saturated rings. The zero-order valence-electron chi connectivity index (χ0n) is 7.30. The van der Waals surface area contributed by atoms with Crippen molar-refractivity contribution in [2.24, 2.45) is 0 Å². The second kappa shape index (κ2) is 4.28. The molecule has 1 radical (unpaired) electrons. The van der Waals surface area contributed by atoms with Crippen LogP contribution in [0.1, 0.15) is 0 Å². The van der Waals surface area contributed by atoms with Gasteiger partial charge in [0.25, 0.3) is 0 Å². The largest absolute Gasteiger partial charge is 0.0538 e. The Hall–Kier alpha value is -0.600. The van der Waals surface area contributed by atoms with Crippen molar-refractivity contribution >= 4 is 31.9 Å². The first-order valence-corrected chi connectivity index (χ1v) is 5.77. The molecule has 0 aliphatic carbocycles. The minimum absolute atomic E-state index is 1.07. The molecule has 0 atom stereocenters. The predicted molar refractivity (Wildman–Crippen MR) is 66.1 cm³/mol. The summed E-state index contributed by atoms with van der Waals surface area (Å²) in [7, 11) is 0. The topological polar surface area (TPSA) is 0 Å². The van der Waals surface area contributed by atoms with Crippen molar-refractivity contribution in [1.29, 1.82) is 0 Å². The average Bonchev–Trinajstić information content (AvgIpc) is 2.23. The highest BCUT2D eigenvalue weighted by Crippen LogP contribution is 2.28. The predicted octanol–water partition coefficient (Wildman–Crippen LogP) is 4.68. The van der Waals surface area contributed by atoms with Gasteiger partial charge < -0.3 is 0 Å². The van der Waals surface area contributed by atoms with E-state index >= 15 is 0 Å². The van der Waals surface area contributed by atoms with E-state index in [1.54, 1.807) is 0 Å². The minimum Gasteiger partial charge on any atom is -0.0538 e. The highest BCUT2D eigenvalue weighted by Gasteiger charge is 2.00. The van der Waals surface area contributed by atoms with Crippen LogP contribution in [-0.2, 0) is 0 Å². The normalized spacial score (nSPS) is 10.1. The summed E-state index contributed by atoms with van der Waals surface area (Å²) in [5, 5.41) is 0. The first kappa shape index (κ1) is 9.94. The van der Waals surface area contributed by atoms with Crippen molar-refractivity contribution in [3.8, 4) is 11.1 Å². The van der Waals surface area contributed by atoms with Crippen molar-refractivity contribution in [1.82, 2.24) is 0 Å². The van der Waals surface area contributed by atoms with Crippen molar-refractivity contribution in [3.05, 3.63) is 57.5 Å². The van der Waals surface area contributed by atoms with Gasteiger partial charge in [0.15, 0.2) is 0 Å². The summed E-state index contributed by atoms with van der Waals surface area (Å²) in [5.41, 5.74) is 2.41. The van der Waals surface area contributed by atoms with E-state index in [9.17, 15) is 0 Å². The Morgan fingerprint density at radius 3 is 2.14 bits per heavy atom. The number of rotatable bonds is 1. The van der Waals surface area contributed by atoms with Gasteiger partial charge in [0, 0.05) is 8.95 Å². The molecule has 0 spiro atoms. The molecule has 0 saturated carbocycles. The first-order valence-electron chi connectivity index (χ1n) is 4.19. The molecule has 0 aliphatic rings. The zero-order chi connectivity index (χ0) is 9.97. The van der Waals surface area contributed by atoms with Crippen LogP contribution < -0.4 is 0 Å². The summed E-state index contributed by atoms with van der Waals surface area (Å²) in [4.78, 5) is 0. The quantitative estimate of drug-likeness (QED) is 0.717. The maximum Gasteiger partial charge on any atom is 0.0323 e. The Morgan fingerprint density at radius 1 is 0.786 bits per heavy atom. The number of halogens is 2. The summed E-state index contributed by atoms with van der Waals surface area (Å²) in [6, 6.07) is 17.2. The second-order valence-corrected chi connectivity index (χ2v) is 4.63. The first-order chi connectivity index (χ1) is 6.77. The number of hydrogen-bond donors (Lipinski definition) is 0. The van der Waals surface area contributed by atoms with Crippen LogP contribution in [0, 0.1) is 6.07 Å². The molecule has 2 aromatic carbocycles. The molecule has 0 saturated heterocycles. The lowest BCUT2D eigenvalue weighted by Crippen LogP contribution is -1.77. The molecular weight excluding hydrogens is 304 g/mol. The lowest BCUT2D eigenvalue weighted by molar-refractivity contribution is 1.55. The number of hydrogen-bond acceptors (Lipinski definition) is 0. The van der Waals surface area contributed by atoms with Gasteiger partial charge in [0.1, 0.15) is 0 Å². The lowest BCUT2D eigenvalue weighted by Gasteiger charge is -2.02. The van der Waals surface area contributed by atoms with Gasteiger partial charge >= 0.3 is 0 Å². The van der Waals surface area contributed by atoms with Gasteiger partial charge in [-0.25, -0.2) is 0 Å². The Labute approximate surface area is 100 Å². The molecule has 0 bridgehead atoms. The molecule has 0 N–H and O–H groups in total. The Kier molecular flexibility index (Phi) is 3.04. The van der Waals surface area contributed by atoms with E-state index in [4.69, 9.17) is 0 Å². The van der Waals surface area contributed by atoms with Crippen LogP contribution in [0.3, 0.4) is 0 Å². The van der Waals surface area contributed by atoms with E-state index in [0.29, 0.717) is 0 Å². The van der Waals surface area contributed by atoms with Crippen LogP contribution in [0.4, 0.5) is 0 Å². The molecule has 0 nitrogen and oxygen atoms in total. The van der Waals surface area contributed by atoms with Gasteiger partial charge in [-0.2, -0.15) is 0 Å². The third kappa shape index (κ3) is 2.07. The standard InChI is InChI=1S/C12H7Br2/c13-11-7-6-10(8-12(11)14)9-4-2-1-3-5-9/h2-8H. The van der Waals surface area contributed by atoms with Gasteiger partial charge in [-0.1, -0.05) is 30.3 Å². The molecule has 0 aromatic heterocycles. The fourth-order valence-electron chi connectivity index (χ4n) is 1.26. The van der Waals surface area contributed by atoms with Gasteiger partial charge in [-0.3, -0.25) is 0 Å². The van der Waals surface area contributed by atoms with Gasteiger partial charge in [0.2, 0.25) is 0 Å². The summed E-state index contributed by atoms with van der Waals surface area (Å²) in [6.45, 7) is 0. The van der Waals surface area contributed by atoms with Crippen molar-refractivity contribution in [2.75, 3.05) is 0 Å². The van der Waals surface area contributed by atoms with E-state index in [0.717, 1.165) is 8.95 Å². The summed E-state index contributed by atoms with van der Waals surface area (Å²) < 4.78 is 2.14. The summed E-state index contributed by atoms with van der Waals surface area (Å²) in [5.74, 6) is 0. The van der Waals surface area contributed by atoms with Crippen LogP contribution in [0.2, 0.25) is 0 Å². The second-order valence-electron chi connectivity index (χ2n) is 2.92. The van der Waals surface area contributed by atoms with E-state index in [-0.39, 0.29) is 0 Å². The third-order valence-corrected chi connectivity index (χ3v) is 3.85. The van der Waals surface area contributed by atoms with E-state index in [2.05, 4.69) is 62.2 Å². The van der Waals surface area contributed by atoms with Crippen LogP contribution in [0.25, 0.3) is 11.1 Å². The van der Waals surface area contributed by atoms with Crippen molar-refractivity contribution in [2.45, 2.75) is 0 Å². The molecule has 69 valence electrons. The molecule has 0 unspecified atom stereocenters. The molecule has 0 aliphatic heterocycles. The van der Waals surface area contributed by atoms with Gasteiger partial charge in [0.05, 0.1) is 0 Å². The molecule has 0 amide bonds. The highest BCUT2D eigenvalue weighted by molar-refractivity contribution is 9.13. The maximum absolute atomic E-state index is 3.49. The molecule has 2 heteroatoms. The fraction of sp³-hybridized carbons (Fsp3) is 0. The van der Waals surface area contributed by atoms with E-state index < -0.39 is 0 Å². The molecule has 0 heterocycles. The lowest BCUT2D eigenvalue weighted by atomic mass is 10.1. The van der Waals surface area contributed by atoms with Crippen molar-refractivity contribution < 1.29 is 0 Å².